The molecule has 2 N–H and O–H groups in total. The normalized spacial score (nSPS) is 23.6. The molecule has 0 radical (unpaired) electrons. The van der Waals surface area contributed by atoms with E-state index >= 15 is 0 Å². The lowest BCUT2D eigenvalue weighted by atomic mass is 10.1. The minimum absolute atomic E-state index is 0.0899. The van der Waals surface area contributed by atoms with Gasteiger partial charge < -0.3 is 19.9 Å². The SMILES string of the molecule is CC(=O)N1C[C@@H](C(=O)N[C@H]2CC[NH+](Cc3ccccc3)C2)Oc2ccccc21. The Balaban J connectivity index is 1.36. The molecule has 146 valence electrons. The van der Waals surface area contributed by atoms with E-state index in [9.17, 15) is 9.59 Å². The third kappa shape index (κ3) is 4.02. The molecule has 0 bridgehead atoms. The highest BCUT2D eigenvalue weighted by molar-refractivity contribution is 5.95. The maximum atomic E-state index is 12.8. The van der Waals surface area contributed by atoms with Gasteiger partial charge in [0.25, 0.3) is 5.91 Å². The lowest BCUT2D eigenvalue weighted by molar-refractivity contribution is -0.901. The standard InChI is InChI=1S/C22H25N3O3/c1-16(26)25-15-21(28-20-10-6-5-9-19(20)25)22(27)23-18-11-12-24(14-18)13-17-7-3-2-4-8-17/h2-10,18,21H,11-15H2,1H3,(H,23,27)/p+1/t18-,21-/m0/s1. The van der Waals surface area contributed by atoms with E-state index in [1.165, 1.54) is 17.4 Å². The van der Waals surface area contributed by atoms with Crippen LogP contribution in [0.1, 0.15) is 18.9 Å². The van der Waals surface area contributed by atoms with Crippen LogP contribution in [-0.4, -0.2) is 43.6 Å². The first-order chi connectivity index (χ1) is 13.6. The molecule has 2 heterocycles. The summed E-state index contributed by atoms with van der Waals surface area (Å²) in [5.41, 5.74) is 2.03. The smallest absolute Gasteiger partial charge is 0.263 e. The molecule has 0 spiro atoms. The zero-order chi connectivity index (χ0) is 19.5. The molecule has 4 rings (SSSR count). The van der Waals surface area contributed by atoms with Crippen molar-refractivity contribution >= 4 is 17.5 Å². The van der Waals surface area contributed by atoms with Gasteiger partial charge in [0.15, 0.2) is 6.10 Å². The predicted octanol–water partition coefficient (Wildman–Crippen LogP) is 0.774. The number of quaternary nitrogens is 1. The van der Waals surface area contributed by atoms with Crippen LogP contribution in [0.25, 0.3) is 0 Å². The number of fused-ring (bicyclic) bond motifs is 1. The minimum Gasteiger partial charge on any atom is -0.477 e. The van der Waals surface area contributed by atoms with Crippen molar-refractivity contribution in [2.24, 2.45) is 0 Å². The molecule has 2 aliphatic heterocycles. The number of hydrogen-bond acceptors (Lipinski definition) is 3. The molecule has 6 heteroatoms. The molecule has 6 nitrogen and oxygen atoms in total. The van der Waals surface area contributed by atoms with Gasteiger partial charge >= 0.3 is 0 Å². The van der Waals surface area contributed by atoms with Gasteiger partial charge in [-0.1, -0.05) is 42.5 Å². The Morgan fingerprint density at radius 2 is 1.89 bits per heavy atom. The topological polar surface area (TPSA) is 63.1 Å². The molecule has 0 aromatic heterocycles. The summed E-state index contributed by atoms with van der Waals surface area (Å²) in [7, 11) is 0. The first-order valence-corrected chi connectivity index (χ1v) is 9.82. The molecule has 2 aliphatic rings. The number of para-hydroxylation sites is 2. The Hall–Kier alpha value is -2.86. The monoisotopic (exact) mass is 380 g/mol. The quantitative estimate of drug-likeness (QED) is 0.824. The summed E-state index contributed by atoms with van der Waals surface area (Å²) in [5.74, 6) is 0.339. The number of nitrogens with zero attached hydrogens (tertiary/aromatic N) is 1. The van der Waals surface area contributed by atoms with Crippen molar-refractivity contribution in [2.75, 3.05) is 24.5 Å². The number of carbonyl (C=O) groups excluding carboxylic acids is 2. The summed E-state index contributed by atoms with van der Waals surface area (Å²) in [4.78, 5) is 27.9. The van der Waals surface area contributed by atoms with E-state index in [0.29, 0.717) is 5.75 Å². The number of anilines is 1. The van der Waals surface area contributed by atoms with Gasteiger partial charge in [0.05, 0.1) is 31.4 Å². The third-order valence-corrected chi connectivity index (χ3v) is 5.47. The highest BCUT2D eigenvalue weighted by atomic mass is 16.5. The van der Waals surface area contributed by atoms with E-state index in [1.54, 1.807) is 11.0 Å². The minimum atomic E-state index is -0.683. The maximum absolute atomic E-state index is 12.8. The van der Waals surface area contributed by atoms with Gasteiger partial charge in [-0.05, 0) is 12.1 Å². The Bertz CT molecular complexity index is 855. The molecule has 3 atom stereocenters. The number of ether oxygens (including phenoxy) is 1. The van der Waals surface area contributed by atoms with Crippen LogP contribution in [0.15, 0.2) is 54.6 Å². The number of carbonyl (C=O) groups is 2. The molecule has 1 fully saturated rings. The molecule has 0 aliphatic carbocycles. The number of benzene rings is 2. The second-order valence-electron chi connectivity index (χ2n) is 7.56. The number of hydrogen-bond donors (Lipinski definition) is 2. The Labute approximate surface area is 165 Å². The zero-order valence-electron chi connectivity index (χ0n) is 16.1. The molecule has 0 saturated carbocycles. The number of amides is 2. The first-order valence-electron chi connectivity index (χ1n) is 9.82. The first kappa shape index (κ1) is 18.5. The summed E-state index contributed by atoms with van der Waals surface area (Å²) in [5, 5.41) is 3.13. The Morgan fingerprint density at radius 1 is 1.14 bits per heavy atom. The highest BCUT2D eigenvalue weighted by Gasteiger charge is 2.35. The summed E-state index contributed by atoms with van der Waals surface area (Å²) in [6.07, 6.45) is 0.269. The predicted molar refractivity (Wildman–Crippen MR) is 106 cm³/mol. The van der Waals surface area contributed by atoms with E-state index in [2.05, 4.69) is 29.6 Å². The van der Waals surface area contributed by atoms with Crippen molar-refractivity contribution in [2.45, 2.75) is 32.0 Å². The second-order valence-corrected chi connectivity index (χ2v) is 7.56. The van der Waals surface area contributed by atoms with Crippen LogP contribution in [0.2, 0.25) is 0 Å². The summed E-state index contributed by atoms with van der Waals surface area (Å²) >= 11 is 0. The summed E-state index contributed by atoms with van der Waals surface area (Å²) in [6.45, 7) is 4.66. The van der Waals surface area contributed by atoms with E-state index in [-0.39, 0.29) is 24.4 Å². The van der Waals surface area contributed by atoms with Crippen molar-refractivity contribution in [3.05, 3.63) is 60.2 Å². The van der Waals surface area contributed by atoms with Crippen molar-refractivity contribution < 1.29 is 19.2 Å². The maximum Gasteiger partial charge on any atom is 0.263 e. The van der Waals surface area contributed by atoms with E-state index in [0.717, 1.165) is 31.7 Å². The van der Waals surface area contributed by atoms with Gasteiger partial charge in [-0.2, -0.15) is 0 Å². The fourth-order valence-electron chi connectivity index (χ4n) is 4.06. The van der Waals surface area contributed by atoms with Crippen LogP contribution in [-0.2, 0) is 16.1 Å². The van der Waals surface area contributed by atoms with E-state index in [1.807, 2.05) is 24.3 Å². The van der Waals surface area contributed by atoms with Gasteiger partial charge in [0.2, 0.25) is 5.91 Å². The number of nitrogens with one attached hydrogen (secondary N) is 2. The lowest BCUT2D eigenvalue weighted by Gasteiger charge is -2.33. The van der Waals surface area contributed by atoms with Crippen LogP contribution < -0.4 is 19.9 Å². The fraction of sp³-hybridized carbons (Fsp3) is 0.364. The van der Waals surface area contributed by atoms with Gasteiger partial charge in [-0.25, -0.2) is 0 Å². The van der Waals surface area contributed by atoms with Gasteiger partial charge in [-0.3, -0.25) is 9.59 Å². The number of rotatable bonds is 4. The molecule has 2 aromatic rings. The third-order valence-electron chi connectivity index (χ3n) is 5.47. The molecule has 1 unspecified atom stereocenters. The van der Waals surface area contributed by atoms with Crippen molar-refractivity contribution in [3.8, 4) is 5.75 Å². The largest absolute Gasteiger partial charge is 0.477 e. The average molecular weight is 380 g/mol. The van der Waals surface area contributed by atoms with Crippen LogP contribution in [0.4, 0.5) is 5.69 Å². The Morgan fingerprint density at radius 3 is 2.68 bits per heavy atom. The molecule has 1 saturated heterocycles. The lowest BCUT2D eigenvalue weighted by Crippen LogP contribution is -3.09. The Kier molecular flexibility index (Phi) is 5.30. The van der Waals surface area contributed by atoms with Crippen LogP contribution in [0.5, 0.6) is 5.75 Å². The van der Waals surface area contributed by atoms with Crippen LogP contribution >= 0.6 is 0 Å². The van der Waals surface area contributed by atoms with Crippen molar-refractivity contribution in [3.63, 3.8) is 0 Å². The van der Waals surface area contributed by atoms with Crippen molar-refractivity contribution in [1.82, 2.24) is 5.32 Å². The summed E-state index contributed by atoms with van der Waals surface area (Å²) < 4.78 is 5.89. The molecule has 2 aromatic carbocycles. The van der Waals surface area contributed by atoms with Gasteiger partial charge in [0.1, 0.15) is 12.3 Å². The molecule has 28 heavy (non-hydrogen) atoms. The zero-order valence-corrected chi connectivity index (χ0v) is 16.1. The van der Waals surface area contributed by atoms with E-state index < -0.39 is 6.10 Å². The fourth-order valence-corrected chi connectivity index (χ4v) is 4.06. The average Bonchev–Trinajstić information content (AvgIpc) is 3.14. The van der Waals surface area contributed by atoms with E-state index in [4.69, 9.17) is 4.74 Å². The highest BCUT2D eigenvalue weighted by Crippen LogP contribution is 2.33. The van der Waals surface area contributed by atoms with Crippen LogP contribution in [0, 0.1) is 0 Å². The molecule has 2 amide bonds. The molecular weight excluding hydrogens is 354 g/mol. The summed E-state index contributed by atoms with van der Waals surface area (Å²) in [6, 6.07) is 17.9. The van der Waals surface area contributed by atoms with Gasteiger partial charge in [0, 0.05) is 18.9 Å². The van der Waals surface area contributed by atoms with Crippen molar-refractivity contribution in [1.29, 1.82) is 0 Å². The van der Waals surface area contributed by atoms with Gasteiger partial charge in [-0.15, -0.1) is 0 Å². The number of likely N-dealkylation sites (tertiary alicyclic amines) is 1. The molecular formula is C22H26N3O3+. The van der Waals surface area contributed by atoms with Crippen LogP contribution in [0.3, 0.4) is 0 Å². The second kappa shape index (κ2) is 8.02.